The highest BCUT2D eigenvalue weighted by Gasteiger charge is 2.28. The summed E-state index contributed by atoms with van der Waals surface area (Å²) in [5, 5.41) is 0. The third-order valence-electron chi connectivity index (χ3n) is 7.36. The van der Waals surface area contributed by atoms with E-state index in [0.29, 0.717) is 55.7 Å². The molecule has 1 fully saturated rings. The first-order valence-electron chi connectivity index (χ1n) is 13.4. The number of pyridine rings is 1. The van der Waals surface area contributed by atoms with E-state index in [9.17, 15) is 9.59 Å². The van der Waals surface area contributed by atoms with E-state index in [4.69, 9.17) is 19.2 Å². The van der Waals surface area contributed by atoms with E-state index >= 15 is 0 Å². The Kier molecular flexibility index (Phi) is 8.19. The molecule has 0 spiro atoms. The number of rotatable bonds is 9. The van der Waals surface area contributed by atoms with Crippen LogP contribution in [0.5, 0.6) is 17.2 Å². The van der Waals surface area contributed by atoms with E-state index in [1.807, 2.05) is 82.4 Å². The van der Waals surface area contributed by atoms with Crippen LogP contribution in [0.4, 0.5) is 0 Å². The van der Waals surface area contributed by atoms with Crippen molar-refractivity contribution in [1.82, 2.24) is 19.2 Å². The van der Waals surface area contributed by atoms with Crippen LogP contribution in [0.25, 0.3) is 5.65 Å². The predicted octanol–water partition coefficient (Wildman–Crippen LogP) is 4.14. The first-order chi connectivity index (χ1) is 19.5. The molecule has 9 nitrogen and oxygen atoms in total. The Morgan fingerprint density at radius 2 is 1.57 bits per heavy atom. The maximum atomic E-state index is 13.6. The molecule has 0 aliphatic carbocycles. The first kappa shape index (κ1) is 27.1. The maximum absolute atomic E-state index is 13.6. The number of hydrogen-bond donors (Lipinski definition) is 0. The summed E-state index contributed by atoms with van der Waals surface area (Å²) >= 11 is 0. The van der Waals surface area contributed by atoms with Gasteiger partial charge in [-0.25, -0.2) is 4.98 Å². The minimum absolute atomic E-state index is 0.0152. The zero-order valence-corrected chi connectivity index (χ0v) is 23.1. The molecule has 1 unspecified atom stereocenters. The number of carbonyl (C=O) groups excluding carboxylic acids is 2. The molecule has 1 aliphatic rings. The van der Waals surface area contributed by atoms with Crippen LogP contribution in [-0.2, 0) is 16.2 Å². The van der Waals surface area contributed by atoms with Crippen LogP contribution in [0.15, 0.2) is 73.1 Å². The van der Waals surface area contributed by atoms with Crippen LogP contribution in [0, 0.1) is 0 Å². The molecule has 9 heteroatoms. The predicted molar refractivity (Wildman–Crippen MR) is 151 cm³/mol. The van der Waals surface area contributed by atoms with Gasteiger partial charge in [0.05, 0.1) is 19.9 Å². The third-order valence-corrected chi connectivity index (χ3v) is 7.36. The average Bonchev–Trinajstić information content (AvgIpc) is 3.43. The SMILES string of the molecule is COc1cc(OC)cc(C(CC(=O)N2CCN(C(C)=O)CC2)c2cnc3c(OCc4ccccc4)cccn23)c1. The lowest BCUT2D eigenvalue weighted by molar-refractivity contribution is -0.138. The van der Waals surface area contributed by atoms with Gasteiger partial charge in [0.25, 0.3) is 0 Å². The number of ether oxygens (including phenoxy) is 3. The van der Waals surface area contributed by atoms with Crippen LogP contribution in [-0.4, -0.2) is 71.4 Å². The molecular formula is C31H34N4O5. The number of fused-ring (bicyclic) bond motifs is 1. The fraction of sp³-hybridized carbons (Fsp3) is 0.323. The number of amides is 2. The molecule has 1 saturated heterocycles. The summed E-state index contributed by atoms with van der Waals surface area (Å²) < 4.78 is 19.2. The Hall–Kier alpha value is -4.53. The highest BCUT2D eigenvalue weighted by Crippen LogP contribution is 2.35. The molecule has 208 valence electrons. The Balaban J connectivity index is 1.48. The van der Waals surface area contributed by atoms with Gasteiger partial charge in [-0.3, -0.25) is 9.59 Å². The molecule has 0 radical (unpaired) electrons. The minimum Gasteiger partial charge on any atom is -0.497 e. The fourth-order valence-corrected chi connectivity index (χ4v) is 5.11. The lowest BCUT2D eigenvalue weighted by atomic mass is 9.91. The molecule has 2 aromatic heterocycles. The Morgan fingerprint density at radius 1 is 0.900 bits per heavy atom. The van der Waals surface area contributed by atoms with Crippen molar-refractivity contribution in [3.63, 3.8) is 0 Å². The summed E-state index contributed by atoms with van der Waals surface area (Å²) in [5.41, 5.74) is 3.47. The highest BCUT2D eigenvalue weighted by atomic mass is 16.5. The highest BCUT2D eigenvalue weighted by molar-refractivity contribution is 5.79. The standard InChI is InChI=1S/C31H34N4O5/c1-22(36)33-12-14-34(15-13-33)30(37)19-27(24-16-25(38-2)18-26(17-24)39-3)28-20-32-31-29(10-7-11-35(28)31)40-21-23-8-5-4-6-9-23/h4-11,16-18,20,27H,12-15,19,21H2,1-3H3. The molecule has 1 aliphatic heterocycles. The van der Waals surface area contributed by atoms with Gasteiger partial charge in [0, 0.05) is 63.9 Å². The molecule has 5 rings (SSSR count). The van der Waals surface area contributed by atoms with E-state index in [2.05, 4.69) is 0 Å². The summed E-state index contributed by atoms with van der Waals surface area (Å²) in [5.74, 6) is 1.66. The van der Waals surface area contributed by atoms with Crippen LogP contribution < -0.4 is 14.2 Å². The van der Waals surface area contributed by atoms with Gasteiger partial charge in [-0.15, -0.1) is 0 Å². The summed E-state index contributed by atoms with van der Waals surface area (Å²) in [6.45, 7) is 4.08. The molecule has 0 bridgehead atoms. The lowest BCUT2D eigenvalue weighted by Crippen LogP contribution is -2.50. The van der Waals surface area contributed by atoms with Crippen LogP contribution in [0.1, 0.15) is 36.1 Å². The van der Waals surface area contributed by atoms with Crippen LogP contribution in [0.2, 0.25) is 0 Å². The largest absolute Gasteiger partial charge is 0.497 e. The van der Waals surface area contributed by atoms with Crippen molar-refractivity contribution in [3.05, 3.63) is 89.9 Å². The summed E-state index contributed by atoms with van der Waals surface area (Å²) in [6.07, 6.45) is 3.97. The molecule has 3 heterocycles. The van der Waals surface area contributed by atoms with Gasteiger partial charge < -0.3 is 28.4 Å². The molecule has 2 amide bonds. The second kappa shape index (κ2) is 12.1. The zero-order chi connectivity index (χ0) is 28.1. The van der Waals surface area contributed by atoms with Crippen molar-refractivity contribution in [3.8, 4) is 17.2 Å². The number of benzene rings is 2. The quantitative estimate of drug-likeness (QED) is 0.316. The topological polar surface area (TPSA) is 85.6 Å². The smallest absolute Gasteiger partial charge is 0.223 e. The van der Waals surface area contributed by atoms with E-state index in [1.165, 1.54) is 0 Å². The molecular weight excluding hydrogens is 508 g/mol. The van der Waals surface area contributed by atoms with Gasteiger partial charge in [0.2, 0.25) is 11.8 Å². The van der Waals surface area contributed by atoms with Gasteiger partial charge in [0.15, 0.2) is 11.4 Å². The van der Waals surface area contributed by atoms with Gasteiger partial charge in [-0.1, -0.05) is 30.3 Å². The number of imidazole rings is 1. The van der Waals surface area contributed by atoms with Gasteiger partial charge in [-0.05, 0) is 35.4 Å². The van der Waals surface area contributed by atoms with Crippen molar-refractivity contribution < 1.29 is 23.8 Å². The minimum atomic E-state index is -0.332. The van der Waals surface area contributed by atoms with Crippen LogP contribution >= 0.6 is 0 Å². The summed E-state index contributed by atoms with van der Waals surface area (Å²) in [6, 6.07) is 19.5. The molecule has 40 heavy (non-hydrogen) atoms. The molecule has 2 aromatic carbocycles. The normalized spacial score (nSPS) is 14.2. The molecule has 1 atom stereocenters. The molecule has 0 saturated carbocycles. The monoisotopic (exact) mass is 542 g/mol. The summed E-state index contributed by atoms with van der Waals surface area (Å²) in [4.78, 5) is 33.7. The first-order valence-corrected chi connectivity index (χ1v) is 13.4. The van der Waals surface area contributed by atoms with Crippen LogP contribution in [0.3, 0.4) is 0 Å². The second-order valence-electron chi connectivity index (χ2n) is 9.81. The zero-order valence-electron chi connectivity index (χ0n) is 23.1. The second-order valence-corrected chi connectivity index (χ2v) is 9.81. The van der Waals surface area contributed by atoms with Crippen molar-refractivity contribution in [2.75, 3.05) is 40.4 Å². The number of aromatic nitrogens is 2. The van der Waals surface area contributed by atoms with Gasteiger partial charge in [-0.2, -0.15) is 0 Å². The third kappa shape index (κ3) is 5.88. The Morgan fingerprint density at radius 3 is 2.23 bits per heavy atom. The molecule has 0 N–H and O–H groups in total. The van der Waals surface area contributed by atoms with Crippen molar-refractivity contribution in [2.45, 2.75) is 25.9 Å². The van der Waals surface area contributed by atoms with E-state index < -0.39 is 0 Å². The fourth-order valence-electron chi connectivity index (χ4n) is 5.11. The van der Waals surface area contributed by atoms with E-state index in [-0.39, 0.29) is 24.2 Å². The number of hydrogen-bond acceptors (Lipinski definition) is 6. The van der Waals surface area contributed by atoms with Crippen molar-refractivity contribution >= 4 is 17.5 Å². The number of piperazine rings is 1. The Labute approximate surface area is 233 Å². The Bertz CT molecular complexity index is 1460. The maximum Gasteiger partial charge on any atom is 0.223 e. The van der Waals surface area contributed by atoms with E-state index in [1.54, 1.807) is 26.0 Å². The average molecular weight is 543 g/mol. The molecule has 4 aromatic rings. The van der Waals surface area contributed by atoms with Gasteiger partial charge in [0.1, 0.15) is 18.1 Å². The van der Waals surface area contributed by atoms with Gasteiger partial charge >= 0.3 is 0 Å². The lowest BCUT2D eigenvalue weighted by Gasteiger charge is -2.35. The summed E-state index contributed by atoms with van der Waals surface area (Å²) in [7, 11) is 3.22. The van der Waals surface area contributed by atoms with Crippen molar-refractivity contribution in [2.24, 2.45) is 0 Å². The van der Waals surface area contributed by atoms with E-state index in [0.717, 1.165) is 16.8 Å². The number of carbonyl (C=O) groups is 2. The number of nitrogens with zero attached hydrogens (tertiary/aromatic N) is 4. The van der Waals surface area contributed by atoms with Crippen molar-refractivity contribution in [1.29, 1.82) is 0 Å². The number of methoxy groups -OCH3 is 2.